The van der Waals surface area contributed by atoms with Crippen LogP contribution in [0, 0.1) is 0 Å². The lowest BCUT2D eigenvalue weighted by Gasteiger charge is -2.08. The molecule has 0 atom stereocenters. The van der Waals surface area contributed by atoms with Gasteiger partial charge >= 0.3 is 0 Å². The van der Waals surface area contributed by atoms with Gasteiger partial charge in [0, 0.05) is 43.8 Å². The lowest BCUT2D eigenvalue weighted by molar-refractivity contribution is 0.665. The second kappa shape index (κ2) is 9.75. The largest absolute Gasteiger partial charge is 0.455 e. The van der Waals surface area contributed by atoms with E-state index < -0.39 is 0 Å². The van der Waals surface area contributed by atoms with Gasteiger partial charge in [0.15, 0.2) is 17.5 Å². The molecule has 6 aromatic carbocycles. The molecular formula is C39H23N3O2. The van der Waals surface area contributed by atoms with Crippen LogP contribution in [0.15, 0.2) is 148 Å². The monoisotopic (exact) mass is 565 g/mol. The van der Waals surface area contributed by atoms with Gasteiger partial charge < -0.3 is 8.83 Å². The zero-order valence-electron chi connectivity index (χ0n) is 23.4. The first kappa shape index (κ1) is 24.5. The Labute approximate surface area is 252 Å². The number of benzene rings is 6. The number of para-hydroxylation sites is 4. The predicted octanol–water partition coefficient (Wildman–Crippen LogP) is 10.3. The van der Waals surface area contributed by atoms with Crippen LogP contribution in [-0.2, 0) is 0 Å². The highest BCUT2D eigenvalue weighted by Gasteiger charge is 2.21. The van der Waals surface area contributed by atoms with Crippen LogP contribution in [0.25, 0.3) is 89.2 Å². The lowest BCUT2D eigenvalue weighted by atomic mass is 9.99. The Kier molecular flexibility index (Phi) is 5.43. The maximum atomic E-state index is 6.80. The second-order valence-electron chi connectivity index (χ2n) is 10.8. The molecule has 0 amide bonds. The van der Waals surface area contributed by atoms with Crippen molar-refractivity contribution >= 4 is 43.9 Å². The molecule has 9 aromatic rings. The van der Waals surface area contributed by atoms with Crippen molar-refractivity contribution < 1.29 is 8.83 Å². The quantitative estimate of drug-likeness (QED) is 0.212. The van der Waals surface area contributed by atoms with Gasteiger partial charge in [0.25, 0.3) is 0 Å². The van der Waals surface area contributed by atoms with Crippen molar-refractivity contribution in [3.63, 3.8) is 0 Å². The maximum absolute atomic E-state index is 6.80. The van der Waals surface area contributed by atoms with E-state index in [9.17, 15) is 0 Å². The van der Waals surface area contributed by atoms with E-state index in [0.29, 0.717) is 17.5 Å². The van der Waals surface area contributed by atoms with Crippen molar-refractivity contribution in [3.05, 3.63) is 140 Å². The summed E-state index contributed by atoms with van der Waals surface area (Å²) in [5.74, 6) is 1.78. The number of hydrogen-bond donors (Lipinski definition) is 0. The topological polar surface area (TPSA) is 65.0 Å². The van der Waals surface area contributed by atoms with Gasteiger partial charge in [-0.2, -0.15) is 0 Å². The van der Waals surface area contributed by atoms with Gasteiger partial charge in [-0.3, -0.25) is 0 Å². The van der Waals surface area contributed by atoms with Crippen LogP contribution in [0.2, 0.25) is 0 Å². The molecule has 206 valence electrons. The molecule has 44 heavy (non-hydrogen) atoms. The molecule has 9 rings (SSSR count). The maximum Gasteiger partial charge on any atom is 0.167 e. The molecule has 3 aromatic heterocycles. The Morgan fingerprint density at radius 2 is 0.750 bits per heavy atom. The molecule has 0 aliphatic rings. The minimum Gasteiger partial charge on any atom is -0.455 e. The summed E-state index contributed by atoms with van der Waals surface area (Å²) in [5, 5.41) is 4.20. The number of aromatic nitrogens is 3. The predicted molar refractivity (Wildman–Crippen MR) is 176 cm³/mol. The standard InChI is InChI=1S/C39H23N3O2/c1-3-12-24(13-4-1)37-40-38(25-14-5-2-6-15-25)42-39(41-37)32-22-11-21-31-30-20-10-19-29(35(30)44-36(31)32)28-18-9-17-27-26-16-7-8-23-33(26)43-34(27)28/h1-23H. The first-order valence-corrected chi connectivity index (χ1v) is 14.5. The first-order chi connectivity index (χ1) is 21.8. The fourth-order valence-electron chi connectivity index (χ4n) is 6.10. The first-order valence-electron chi connectivity index (χ1n) is 14.5. The number of fused-ring (bicyclic) bond motifs is 6. The third kappa shape index (κ3) is 3.83. The molecule has 0 spiro atoms. The Bertz CT molecular complexity index is 2440. The molecule has 0 aliphatic carbocycles. The van der Waals surface area contributed by atoms with Gasteiger partial charge in [-0.25, -0.2) is 15.0 Å². The van der Waals surface area contributed by atoms with Crippen LogP contribution >= 0.6 is 0 Å². The molecule has 0 aliphatic heterocycles. The number of rotatable bonds is 4. The Morgan fingerprint density at radius 1 is 0.318 bits per heavy atom. The highest BCUT2D eigenvalue weighted by molar-refractivity contribution is 6.16. The lowest BCUT2D eigenvalue weighted by Crippen LogP contribution is -2.00. The van der Waals surface area contributed by atoms with E-state index in [0.717, 1.165) is 71.7 Å². The van der Waals surface area contributed by atoms with Gasteiger partial charge in [0.1, 0.15) is 22.3 Å². The van der Waals surface area contributed by atoms with Gasteiger partial charge in [0.2, 0.25) is 0 Å². The smallest absolute Gasteiger partial charge is 0.167 e. The zero-order valence-corrected chi connectivity index (χ0v) is 23.4. The van der Waals surface area contributed by atoms with Crippen molar-refractivity contribution in [3.8, 4) is 45.3 Å². The van der Waals surface area contributed by atoms with Crippen molar-refractivity contribution in [2.45, 2.75) is 0 Å². The molecule has 0 radical (unpaired) electrons. The van der Waals surface area contributed by atoms with Crippen LogP contribution in [0.1, 0.15) is 0 Å². The Hall–Kier alpha value is -6.07. The molecule has 0 N–H and O–H groups in total. The molecule has 0 fully saturated rings. The SMILES string of the molecule is c1ccc(-c2nc(-c3ccccc3)nc(-c3cccc4c3oc3c(-c5cccc6c5oc5ccccc56)cccc34)n2)cc1. The third-order valence-corrected chi connectivity index (χ3v) is 8.16. The summed E-state index contributed by atoms with van der Waals surface area (Å²) in [6, 6.07) is 46.8. The van der Waals surface area contributed by atoms with E-state index >= 15 is 0 Å². The fraction of sp³-hybridized carbons (Fsp3) is 0. The molecule has 0 bridgehead atoms. The van der Waals surface area contributed by atoms with Crippen molar-refractivity contribution in [2.24, 2.45) is 0 Å². The molecule has 0 saturated carbocycles. The van der Waals surface area contributed by atoms with E-state index in [1.54, 1.807) is 0 Å². The van der Waals surface area contributed by atoms with Crippen molar-refractivity contribution in [2.75, 3.05) is 0 Å². The highest BCUT2D eigenvalue weighted by Crippen LogP contribution is 2.42. The minimum atomic E-state index is 0.559. The van der Waals surface area contributed by atoms with E-state index in [2.05, 4.69) is 48.5 Å². The summed E-state index contributed by atoms with van der Waals surface area (Å²) in [6.07, 6.45) is 0. The van der Waals surface area contributed by atoms with Crippen LogP contribution in [-0.4, -0.2) is 15.0 Å². The van der Waals surface area contributed by atoms with Crippen LogP contribution in [0.3, 0.4) is 0 Å². The molecule has 0 unspecified atom stereocenters. The van der Waals surface area contributed by atoms with E-state index in [-0.39, 0.29) is 0 Å². The summed E-state index contributed by atoms with van der Waals surface area (Å²) in [7, 11) is 0. The average Bonchev–Trinajstić information content (AvgIpc) is 3.68. The molecular weight excluding hydrogens is 542 g/mol. The van der Waals surface area contributed by atoms with Crippen LogP contribution in [0.5, 0.6) is 0 Å². The third-order valence-electron chi connectivity index (χ3n) is 8.16. The summed E-state index contributed by atoms with van der Waals surface area (Å²) >= 11 is 0. The van der Waals surface area contributed by atoms with Crippen LogP contribution < -0.4 is 0 Å². The van der Waals surface area contributed by atoms with E-state index in [4.69, 9.17) is 23.8 Å². The van der Waals surface area contributed by atoms with Crippen LogP contribution in [0.4, 0.5) is 0 Å². The molecule has 3 heterocycles. The number of nitrogens with zero attached hydrogens (tertiary/aromatic N) is 3. The number of furan rings is 2. The second-order valence-corrected chi connectivity index (χ2v) is 10.8. The van der Waals surface area contributed by atoms with Crippen molar-refractivity contribution in [1.82, 2.24) is 15.0 Å². The Balaban J connectivity index is 1.29. The zero-order chi connectivity index (χ0) is 29.0. The van der Waals surface area contributed by atoms with Gasteiger partial charge in [0.05, 0.1) is 5.56 Å². The summed E-state index contributed by atoms with van der Waals surface area (Å²) in [5.41, 5.74) is 7.86. The summed E-state index contributed by atoms with van der Waals surface area (Å²) in [6.45, 7) is 0. The molecule has 5 heteroatoms. The summed E-state index contributed by atoms with van der Waals surface area (Å²) < 4.78 is 13.2. The minimum absolute atomic E-state index is 0.559. The van der Waals surface area contributed by atoms with Crippen molar-refractivity contribution in [1.29, 1.82) is 0 Å². The van der Waals surface area contributed by atoms with E-state index in [1.165, 1.54) is 0 Å². The van der Waals surface area contributed by atoms with Gasteiger partial charge in [-0.05, 0) is 12.1 Å². The van der Waals surface area contributed by atoms with Gasteiger partial charge in [-0.15, -0.1) is 0 Å². The average molecular weight is 566 g/mol. The highest BCUT2D eigenvalue weighted by atomic mass is 16.3. The Morgan fingerprint density at radius 3 is 1.36 bits per heavy atom. The fourth-order valence-corrected chi connectivity index (χ4v) is 6.10. The normalized spacial score (nSPS) is 11.6. The molecule has 5 nitrogen and oxygen atoms in total. The van der Waals surface area contributed by atoms with Gasteiger partial charge in [-0.1, -0.05) is 127 Å². The molecule has 0 saturated heterocycles. The van der Waals surface area contributed by atoms with E-state index in [1.807, 2.05) is 91.0 Å². The summed E-state index contributed by atoms with van der Waals surface area (Å²) in [4.78, 5) is 14.8. The number of hydrogen-bond acceptors (Lipinski definition) is 5.